The van der Waals surface area contributed by atoms with E-state index in [2.05, 4.69) is 0 Å². The Kier molecular flexibility index (Phi) is 6.61. The smallest absolute Gasteiger partial charge is 0.123 e. The molecule has 1 unspecified atom stereocenters. The van der Waals surface area contributed by atoms with E-state index >= 15 is 0 Å². The van der Waals surface area contributed by atoms with Gasteiger partial charge in [-0.2, -0.15) is 0 Å². The summed E-state index contributed by atoms with van der Waals surface area (Å²) in [7, 11) is -1.45. The molecule has 0 spiro atoms. The van der Waals surface area contributed by atoms with E-state index in [1.807, 2.05) is 0 Å². The molecule has 0 radical (unpaired) electrons. The summed E-state index contributed by atoms with van der Waals surface area (Å²) >= 11 is 0. The van der Waals surface area contributed by atoms with Crippen LogP contribution < -0.4 is 0 Å². The molecule has 1 aliphatic rings. The summed E-state index contributed by atoms with van der Waals surface area (Å²) in [5.41, 5.74) is 1.92. The molecule has 1 fully saturated rings. The molecule has 5 heteroatoms. The number of halogens is 3. The van der Waals surface area contributed by atoms with Crippen LogP contribution in [0, 0.1) is 23.4 Å². The van der Waals surface area contributed by atoms with Crippen LogP contribution in [-0.2, 0) is 15.5 Å². The first-order chi connectivity index (χ1) is 15.0. The van der Waals surface area contributed by atoms with Gasteiger partial charge in [0.2, 0.25) is 0 Å². The molecule has 4 rings (SSSR count). The molecule has 1 aliphatic carbocycles. The molecule has 0 bridgehead atoms. The van der Waals surface area contributed by atoms with E-state index < -0.39 is 33.0 Å². The molecule has 0 amide bonds. The predicted octanol–water partition coefficient (Wildman–Crippen LogP) is 6.72. The Morgan fingerprint density at radius 2 is 1.00 bits per heavy atom. The maximum absolute atomic E-state index is 14.2. The van der Waals surface area contributed by atoms with Crippen molar-refractivity contribution in [3.8, 4) is 0 Å². The van der Waals surface area contributed by atoms with Crippen LogP contribution in [0.15, 0.2) is 72.8 Å². The van der Waals surface area contributed by atoms with Crippen LogP contribution in [0.5, 0.6) is 0 Å². The SMILES string of the molecule is O=S(CC1CCCCC1)C(c1ccc(F)cc1)(c1ccc(F)cc1)c1ccc(F)cc1. The standard InChI is InChI=1S/C26H25F3OS/c27-23-12-6-20(7-13-23)26(21-8-14-24(28)15-9-21,22-10-16-25(29)17-11-22)31(30)18-19-4-2-1-3-5-19/h6-17,19H,1-5,18H2. The Balaban J connectivity index is 1.92. The highest BCUT2D eigenvalue weighted by Crippen LogP contribution is 2.44. The highest BCUT2D eigenvalue weighted by Gasteiger charge is 2.43. The molecule has 3 aromatic carbocycles. The molecule has 0 N–H and O–H groups in total. The summed E-state index contributed by atoms with van der Waals surface area (Å²) in [6.07, 6.45) is 5.50. The van der Waals surface area contributed by atoms with Gasteiger partial charge in [-0.25, -0.2) is 13.2 Å². The van der Waals surface area contributed by atoms with E-state index in [-0.39, 0.29) is 0 Å². The summed E-state index contributed by atoms with van der Waals surface area (Å²) in [4.78, 5) is 0. The average Bonchev–Trinajstić information content (AvgIpc) is 2.78. The molecule has 0 aromatic heterocycles. The van der Waals surface area contributed by atoms with Crippen molar-refractivity contribution in [3.05, 3.63) is 107 Å². The zero-order valence-electron chi connectivity index (χ0n) is 17.2. The van der Waals surface area contributed by atoms with Crippen molar-refractivity contribution >= 4 is 10.8 Å². The zero-order valence-corrected chi connectivity index (χ0v) is 18.0. The summed E-state index contributed by atoms with van der Waals surface area (Å²) in [5.74, 6) is -0.376. The Bertz CT molecular complexity index is 913. The Morgan fingerprint density at radius 1 is 0.645 bits per heavy atom. The van der Waals surface area contributed by atoms with Crippen LogP contribution in [0.3, 0.4) is 0 Å². The molecule has 0 heterocycles. The third kappa shape index (κ3) is 4.47. The third-order valence-corrected chi connectivity index (χ3v) is 8.37. The number of hydrogen-bond acceptors (Lipinski definition) is 1. The van der Waals surface area contributed by atoms with Gasteiger partial charge in [0.1, 0.15) is 22.2 Å². The lowest BCUT2D eigenvalue weighted by atomic mass is 9.84. The predicted molar refractivity (Wildman–Crippen MR) is 119 cm³/mol. The normalized spacial score (nSPS) is 16.2. The Labute approximate surface area is 183 Å². The van der Waals surface area contributed by atoms with E-state index in [1.54, 1.807) is 36.4 Å². The maximum Gasteiger partial charge on any atom is 0.123 e. The summed E-state index contributed by atoms with van der Waals surface area (Å²) in [5, 5.41) is 0. The zero-order chi connectivity index (χ0) is 21.8. The van der Waals surface area contributed by atoms with Gasteiger partial charge in [-0.1, -0.05) is 55.7 Å². The molecule has 0 saturated heterocycles. The fraction of sp³-hybridized carbons (Fsp3) is 0.308. The number of rotatable bonds is 6. The number of benzene rings is 3. The van der Waals surface area contributed by atoms with Gasteiger partial charge in [0.05, 0.1) is 0 Å². The fourth-order valence-electron chi connectivity index (χ4n) is 4.64. The van der Waals surface area contributed by atoms with Gasteiger partial charge in [-0.3, -0.25) is 4.21 Å². The minimum absolute atomic E-state index is 0.329. The van der Waals surface area contributed by atoms with Gasteiger partial charge < -0.3 is 0 Å². The van der Waals surface area contributed by atoms with E-state index in [9.17, 15) is 17.4 Å². The van der Waals surface area contributed by atoms with Crippen molar-refractivity contribution in [1.29, 1.82) is 0 Å². The van der Waals surface area contributed by atoms with Crippen molar-refractivity contribution in [2.24, 2.45) is 5.92 Å². The Morgan fingerprint density at radius 3 is 1.35 bits per heavy atom. The highest BCUT2D eigenvalue weighted by atomic mass is 32.2. The van der Waals surface area contributed by atoms with Gasteiger partial charge in [0, 0.05) is 16.6 Å². The highest BCUT2D eigenvalue weighted by molar-refractivity contribution is 7.86. The van der Waals surface area contributed by atoms with Gasteiger partial charge in [0.25, 0.3) is 0 Å². The van der Waals surface area contributed by atoms with Crippen LogP contribution in [0.25, 0.3) is 0 Å². The molecular formula is C26H25F3OS. The van der Waals surface area contributed by atoms with Crippen molar-refractivity contribution in [1.82, 2.24) is 0 Å². The van der Waals surface area contributed by atoms with Crippen molar-refractivity contribution in [2.45, 2.75) is 36.9 Å². The molecule has 3 aromatic rings. The van der Waals surface area contributed by atoms with Crippen LogP contribution >= 0.6 is 0 Å². The van der Waals surface area contributed by atoms with Crippen LogP contribution in [0.1, 0.15) is 48.8 Å². The van der Waals surface area contributed by atoms with E-state index in [0.717, 1.165) is 25.7 Å². The van der Waals surface area contributed by atoms with Gasteiger partial charge in [-0.05, 0) is 71.8 Å². The van der Waals surface area contributed by atoms with Crippen molar-refractivity contribution in [3.63, 3.8) is 0 Å². The molecular weight excluding hydrogens is 417 g/mol. The van der Waals surface area contributed by atoms with Gasteiger partial charge >= 0.3 is 0 Å². The summed E-state index contributed by atoms with van der Waals surface area (Å²) < 4.78 is 54.4. The maximum atomic E-state index is 14.2. The molecule has 1 nitrogen and oxygen atoms in total. The first kappa shape index (κ1) is 21.8. The third-order valence-electron chi connectivity index (χ3n) is 6.21. The second-order valence-electron chi connectivity index (χ2n) is 8.22. The lowest BCUT2D eigenvalue weighted by Crippen LogP contribution is -2.37. The molecule has 0 aliphatic heterocycles. The lowest BCUT2D eigenvalue weighted by Gasteiger charge is -2.36. The second-order valence-corrected chi connectivity index (χ2v) is 9.85. The summed E-state index contributed by atoms with van der Waals surface area (Å²) in [6.45, 7) is 0. The first-order valence-electron chi connectivity index (χ1n) is 10.7. The van der Waals surface area contributed by atoms with Gasteiger partial charge in [-0.15, -0.1) is 0 Å². The monoisotopic (exact) mass is 442 g/mol. The van der Waals surface area contributed by atoms with Crippen LogP contribution in [0.4, 0.5) is 13.2 Å². The Hall–Kier alpha value is -2.40. The van der Waals surface area contributed by atoms with Gasteiger partial charge in [0.15, 0.2) is 0 Å². The largest absolute Gasteiger partial charge is 0.258 e. The average molecular weight is 443 g/mol. The second kappa shape index (κ2) is 9.39. The first-order valence-corrected chi connectivity index (χ1v) is 12.0. The molecule has 162 valence electrons. The minimum Gasteiger partial charge on any atom is -0.258 e. The van der Waals surface area contributed by atoms with E-state index in [0.29, 0.717) is 28.4 Å². The number of hydrogen-bond donors (Lipinski definition) is 0. The summed E-state index contributed by atoms with van der Waals surface area (Å²) in [6, 6.07) is 17.8. The lowest BCUT2D eigenvalue weighted by molar-refractivity contribution is 0.387. The fourth-order valence-corrected chi connectivity index (χ4v) is 6.85. The molecule has 1 saturated carbocycles. The minimum atomic E-state index is -1.45. The van der Waals surface area contributed by atoms with Crippen LogP contribution in [-0.4, -0.2) is 9.96 Å². The van der Waals surface area contributed by atoms with Crippen molar-refractivity contribution < 1.29 is 17.4 Å². The van der Waals surface area contributed by atoms with Crippen LogP contribution in [0.2, 0.25) is 0 Å². The van der Waals surface area contributed by atoms with Crippen molar-refractivity contribution in [2.75, 3.05) is 5.75 Å². The quantitative estimate of drug-likeness (QED) is 0.387. The molecule has 31 heavy (non-hydrogen) atoms. The van der Waals surface area contributed by atoms with E-state index in [4.69, 9.17) is 0 Å². The molecule has 1 atom stereocenters. The van der Waals surface area contributed by atoms with E-state index in [1.165, 1.54) is 42.8 Å². The topological polar surface area (TPSA) is 17.1 Å².